The van der Waals surface area contributed by atoms with Crippen molar-refractivity contribution < 1.29 is 19.4 Å². The van der Waals surface area contributed by atoms with Crippen molar-refractivity contribution in [2.75, 3.05) is 6.61 Å². The van der Waals surface area contributed by atoms with Gasteiger partial charge >= 0.3 is 5.97 Å². The number of ether oxygens (including phenoxy) is 1. The van der Waals surface area contributed by atoms with E-state index in [0.29, 0.717) is 11.3 Å². The Morgan fingerprint density at radius 3 is 2.19 bits per heavy atom. The Labute approximate surface area is 181 Å². The third-order valence-electron chi connectivity index (χ3n) is 4.94. The van der Waals surface area contributed by atoms with Gasteiger partial charge in [0, 0.05) is 35.5 Å². The number of nitroso groups, excluding NO2 is 1. The first-order chi connectivity index (χ1) is 15.3. The number of benzene rings is 2. The van der Waals surface area contributed by atoms with Crippen LogP contribution < -0.4 is 5.32 Å². The van der Waals surface area contributed by atoms with Crippen LogP contribution in [0.25, 0.3) is 0 Å². The second kappa shape index (κ2) is 9.20. The molecule has 0 aromatic heterocycles. The van der Waals surface area contributed by atoms with Crippen LogP contribution in [0.5, 0.6) is 0 Å². The standard InChI is InChI=1S/C20H19N5O7/c1-3-32-20(26)17-12(2)21-19(14-7-5-9-16(11-14)25(30)31)23(22-27)18(17)13-6-4-8-15(10-13)24(28)29/h4-11,18-19,21H,3H2,1-2H3/t18-,19+/m0/s1. The molecule has 0 saturated heterocycles. The van der Waals surface area contributed by atoms with E-state index >= 15 is 0 Å². The van der Waals surface area contributed by atoms with Gasteiger partial charge in [-0.05, 0) is 19.4 Å². The van der Waals surface area contributed by atoms with Crippen LogP contribution in [0.2, 0.25) is 0 Å². The number of hydrogen-bond donors (Lipinski definition) is 1. The minimum Gasteiger partial charge on any atom is -0.463 e. The summed E-state index contributed by atoms with van der Waals surface area (Å²) in [5, 5.41) is 29.5. The normalized spacial score (nSPS) is 18.0. The van der Waals surface area contributed by atoms with Crippen molar-refractivity contribution in [1.82, 2.24) is 10.3 Å². The van der Waals surface area contributed by atoms with Crippen LogP contribution in [-0.4, -0.2) is 27.4 Å². The SMILES string of the molecule is CCOC(=O)C1=C(C)N[C@@H](c2cccc([N+](=O)[O-])c2)N(N=O)[C@H]1c1cccc([N+](=O)[O-])c1. The molecule has 2 aromatic rings. The molecule has 32 heavy (non-hydrogen) atoms. The molecular formula is C20H19N5O7. The molecule has 0 bridgehead atoms. The number of rotatable bonds is 7. The van der Waals surface area contributed by atoms with Crippen molar-refractivity contribution in [3.05, 3.63) is 96.1 Å². The Balaban J connectivity index is 2.20. The Morgan fingerprint density at radius 1 is 1.09 bits per heavy atom. The molecule has 0 amide bonds. The summed E-state index contributed by atoms with van der Waals surface area (Å²) in [6.45, 7) is 3.28. The van der Waals surface area contributed by atoms with Crippen molar-refractivity contribution in [3.8, 4) is 0 Å². The van der Waals surface area contributed by atoms with Gasteiger partial charge in [-0.25, -0.2) is 9.80 Å². The van der Waals surface area contributed by atoms with Gasteiger partial charge in [-0.1, -0.05) is 24.3 Å². The zero-order valence-electron chi connectivity index (χ0n) is 17.1. The molecule has 0 aliphatic carbocycles. The number of nitro benzene ring substituents is 2. The number of nitrogens with zero attached hydrogens (tertiary/aromatic N) is 4. The second-order valence-electron chi connectivity index (χ2n) is 6.87. The summed E-state index contributed by atoms with van der Waals surface area (Å²) in [5.74, 6) is -0.722. The van der Waals surface area contributed by atoms with Gasteiger partial charge in [-0.3, -0.25) is 20.2 Å². The number of nitro groups is 2. The average Bonchev–Trinajstić information content (AvgIpc) is 2.78. The van der Waals surface area contributed by atoms with E-state index in [2.05, 4.69) is 10.6 Å². The minimum absolute atomic E-state index is 0.0497. The Hall–Kier alpha value is -4.35. The van der Waals surface area contributed by atoms with Crippen LogP contribution >= 0.6 is 0 Å². The van der Waals surface area contributed by atoms with Gasteiger partial charge in [0.25, 0.3) is 11.4 Å². The lowest BCUT2D eigenvalue weighted by Crippen LogP contribution is -2.44. The van der Waals surface area contributed by atoms with Crippen LogP contribution in [-0.2, 0) is 9.53 Å². The zero-order chi connectivity index (χ0) is 23.4. The molecule has 12 heteroatoms. The van der Waals surface area contributed by atoms with E-state index in [0.717, 1.165) is 5.01 Å². The molecule has 0 unspecified atom stereocenters. The molecule has 12 nitrogen and oxygen atoms in total. The predicted octanol–water partition coefficient (Wildman–Crippen LogP) is 3.67. The van der Waals surface area contributed by atoms with E-state index < -0.39 is 28.0 Å². The molecule has 3 rings (SSSR count). The van der Waals surface area contributed by atoms with Gasteiger partial charge in [0.1, 0.15) is 12.2 Å². The number of hydrogen-bond acceptors (Lipinski definition) is 9. The summed E-state index contributed by atoms with van der Waals surface area (Å²) in [4.78, 5) is 46.1. The fourth-order valence-electron chi connectivity index (χ4n) is 3.58. The largest absolute Gasteiger partial charge is 0.463 e. The Morgan fingerprint density at radius 2 is 1.66 bits per heavy atom. The van der Waals surface area contributed by atoms with Crippen molar-refractivity contribution in [3.63, 3.8) is 0 Å². The lowest BCUT2D eigenvalue weighted by atomic mass is 9.92. The van der Waals surface area contributed by atoms with E-state index in [1.165, 1.54) is 42.5 Å². The predicted molar refractivity (Wildman–Crippen MR) is 112 cm³/mol. The Kier molecular flexibility index (Phi) is 6.42. The fourth-order valence-corrected chi connectivity index (χ4v) is 3.58. The highest BCUT2D eigenvalue weighted by molar-refractivity contribution is 5.91. The van der Waals surface area contributed by atoms with Gasteiger partial charge in [-0.15, -0.1) is 4.91 Å². The van der Waals surface area contributed by atoms with Crippen molar-refractivity contribution in [1.29, 1.82) is 0 Å². The van der Waals surface area contributed by atoms with Crippen LogP contribution in [0.15, 0.2) is 65.1 Å². The van der Waals surface area contributed by atoms with Crippen LogP contribution in [0.3, 0.4) is 0 Å². The zero-order valence-corrected chi connectivity index (χ0v) is 17.1. The quantitative estimate of drug-likeness (QED) is 0.293. The molecule has 0 spiro atoms. The van der Waals surface area contributed by atoms with Crippen LogP contribution in [0.1, 0.15) is 37.2 Å². The number of non-ortho nitro benzene ring substituents is 2. The highest BCUT2D eigenvalue weighted by Gasteiger charge is 2.41. The second-order valence-corrected chi connectivity index (χ2v) is 6.87. The summed E-state index contributed by atoms with van der Waals surface area (Å²) in [6, 6.07) is 9.95. The fraction of sp³-hybridized carbons (Fsp3) is 0.250. The summed E-state index contributed by atoms with van der Waals surface area (Å²) in [7, 11) is 0. The first kappa shape index (κ1) is 22.3. The molecule has 166 valence electrons. The third kappa shape index (κ3) is 4.24. The molecule has 2 aromatic carbocycles. The Bertz CT molecular complexity index is 1120. The number of nitrogens with one attached hydrogen (secondary N) is 1. The van der Waals surface area contributed by atoms with Gasteiger partial charge in [0.15, 0.2) is 0 Å². The summed E-state index contributed by atoms with van der Waals surface area (Å²) in [5.41, 5.74) is 0.569. The van der Waals surface area contributed by atoms with Gasteiger partial charge in [0.2, 0.25) is 0 Å². The van der Waals surface area contributed by atoms with E-state index in [1.807, 2.05) is 0 Å². The number of esters is 1. The summed E-state index contributed by atoms with van der Waals surface area (Å²) >= 11 is 0. The number of allylic oxidation sites excluding steroid dienone is 1. The molecule has 1 heterocycles. The topological polar surface area (TPSA) is 157 Å². The van der Waals surface area contributed by atoms with Crippen molar-refractivity contribution in [2.24, 2.45) is 5.29 Å². The van der Waals surface area contributed by atoms with E-state index in [9.17, 15) is 29.9 Å². The maximum absolute atomic E-state index is 12.7. The third-order valence-corrected chi connectivity index (χ3v) is 4.94. The summed E-state index contributed by atoms with van der Waals surface area (Å²) < 4.78 is 5.14. The molecule has 0 fully saturated rings. The first-order valence-corrected chi connectivity index (χ1v) is 9.53. The van der Waals surface area contributed by atoms with E-state index in [1.54, 1.807) is 19.9 Å². The highest BCUT2D eigenvalue weighted by Crippen LogP contribution is 2.41. The van der Waals surface area contributed by atoms with Crippen molar-refractivity contribution >= 4 is 17.3 Å². The highest BCUT2D eigenvalue weighted by atomic mass is 16.6. The van der Waals surface area contributed by atoms with Crippen LogP contribution in [0.4, 0.5) is 11.4 Å². The molecule has 1 N–H and O–H groups in total. The van der Waals surface area contributed by atoms with Gasteiger partial charge in [-0.2, -0.15) is 0 Å². The average molecular weight is 441 g/mol. The molecule has 0 saturated carbocycles. The van der Waals surface area contributed by atoms with Gasteiger partial charge < -0.3 is 10.1 Å². The first-order valence-electron chi connectivity index (χ1n) is 9.53. The smallest absolute Gasteiger partial charge is 0.338 e. The molecule has 1 aliphatic rings. The molecular weight excluding hydrogens is 422 g/mol. The minimum atomic E-state index is -1.13. The monoisotopic (exact) mass is 441 g/mol. The number of carbonyl (C=O) groups excluding carboxylic acids is 1. The lowest BCUT2D eigenvalue weighted by molar-refractivity contribution is -0.385. The van der Waals surface area contributed by atoms with Crippen molar-refractivity contribution in [2.45, 2.75) is 26.1 Å². The van der Waals surface area contributed by atoms with Gasteiger partial charge in [0.05, 0.1) is 27.3 Å². The lowest BCUT2D eigenvalue weighted by Gasteiger charge is -2.40. The number of carbonyl (C=O) groups is 1. The summed E-state index contributed by atoms with van der Waals surface area (Å²) in [6.07, 6.45) is -0.977. The molecule has 0 radical (unpaired) electrons. The molecule has 1 aliphatic heterocycles. The van der Waals surface area contributed by atoms with Crippen LogP contribution in [0, 0.1) is 25.1 Å². The maximum atomic E-state index is 12.7. The van der Waals surface area contributed by atoms with E-state index in [4.69, 9.17) is 4.74 Å². The molecule has 2 atom stereocenters. The maximum Gasteiger partial charge on any atom is 0.338 e. The van der Waals surface area contributed by atoms with E-state index in [-0.39, 0.29) is 29.1 Å².